The van der Waals surface area contributed by atoms with E-state index in [-0.39, 0.29) is 0 Å². The van der Waals surface area contributed by atoms with Crippen molar-refractivity contribution in [3.63, 3.8) is 0 Å². The van der Waals surface area contributed by atoms with Gasteiger partial charge in [-0.25, -0.2) is 4.99 Å². The van der Waals surface area contributed by atoms with Gasteiger partial charge in [0.2, 0.25) is 5.96 Å². The first-order valence-electron chi connectivity index (χ1n) is 6.41. The summed E-state index contributed by atoms with van der Waals surface area (Å²) in [6.07, 6.45) is 2.45. The van der Waals surface area contributed by atoms with Crippen molar-refractivity contribution in [2.24, 2.45) is 10.9 Å². The summed E-state index contributed by atoms with van der Waals surface area (Å²) in [7, 11) is 0. The van der Waals surface area contributed by atoms with Crippen molar-refractivity contribution in [1.82, 2.24) is 5.32 Å². The summed E-state index contributed by atoms with van der Waals surface area (Å²) in [5.41, 5.74) is 0.652. The zero-order valence-corrected chi connectivity index (χ0v) is 11.9. The molecular formula is C13H15Cl2N3O. The number of guanidine groups is 1. The second-order valence-electron chi connectivity index (χ2n) is 4.74. The minimum Gasteiger partial charge on any atom is -0.352 e. The molecule has 0 bridgehead atoms. The average Bonchev–Trinajstić information content (AvgIpc) is 3.05. The summed E-state index contributed by atoms with van der Waals surface area (Å²) in [5, 5.41) is 5.93. The highest BCUT2D eigenvalue weighted by molar-refractivity contribution is 6.39. The van der Waals surface area contributed by atoms with Gasteiger partial charge < -0.3 is 5.32 Å². The number of rotatable bonds is 4. The topological polar surface area (TPSA) is 36.9 Å². The molecule has 1 aromatic carbocycles. The van der Waals surface area contributed by atoms with E-state index < -0.39 is 0 Å². The first kappa shape index (κ1) is 13.0. The Labute approximate surface area is 122 Å². The monoisotopic (exact) mass is 299 g/mol. The van der Waals surface area contributed by atoms with Gasteiger partial charge in [0.15, 0.2) is 0 Å². The predicted octanol–water partition coefficient (Wildman–Crippen LogP) is 3.10. The van der Waals surface area contributed by atoms with Crippen LogP contribution in [0.1, 0.15) is 12.8 Å². The maximum atomic E-state index is 6.24. The second kappa shape index (κ2) is 5.57. The molecule has 1 fully saturated rings. The van der Waals surface area contributed by atoms with Crippen LogP contribution in [0.4, 0.5) is 5.69 Å². The highest BCUT2D eigenvalue weighted by Crippen LogP contribution is 2.35. The molecule has 0 radical (unpaired) electrons. The molecule has 1 saturated carbocycles. The number of aliphatic imine (C=N–C) groups is 1. The lowest BCUT2D eigenvalue weighted by molar-refractivity contribution is 0.131. The van der Waals surface area contributed by atoms with E-state index in [4.69, 9.17) is 28.0 Å². The fourth-order valence-corrected chi connectivity index (χ4v) is 2.45. The summed E-state index contributed by atoms with van der Waals surface area (Å²) in [6, 6.07) is 5.41. The van der Waals surface area contributed by atoms with Gasteiger partial charge in [0.25, 0.3) is 0 Å². The molecule has 102 valence electrons. The lowest BCUT2D eigenvalue weighted by Gasteiger charge is -2.25. The van der Waals surface area contributed by atoms with Gasteiger partial charge in [-0.1, -0.05) is 29.3 Å². The second-order valence-corrected chi connectivity index (χ2v) is 5.55. The normalized spacial score (nSPS) is 18.1. The van der Waals surface area contributed by atoms with Crippen LogP contribution >= 0.6 is 23.2 Å². The Balaban J connectivity index is 1.87. The Morgan fingerprint density at radius 1 is 1.32 bits per heavy atom. The van der Waals surface area contributed by atoms with Gasteiger partial charge in [-0.2, -0.15) is 5.06 Å². The fraction of sp³-hybridized carbons (Fsp3) is 0.462. The molecule has 4 nitrogen and oxygen atoms in total. The van der Waals surface area contributed by atoms with Crippen molar-refractivity contribution in [2.45, 2.75) is 12.8 Å². The van der Waals surface area contributed by atoms with Crippen LogP contribution in [0.25, 0.3) is 0 Å². The summed E-state index contributed by atoms with van der Waals surface area (Å²) in [5.74, 6) is 1.32. The number of halogens is 2. The Morgan fingerprint density at radius 2 is 2.05 bits per heavy atom. The Kier molecular flexibility index (Phi) is 3.82. The van der Waals surface area contributed by atoms with E-state index in [1.807, 2.05) is 6.07 Å². The molecule has 1 aliphatic heterocycles. The van der Waals surface area contributed by atoms with E-state index in [1.165, 1.54) is 12.8 Å². The Bertz CT molecular complexity index is 482. The third-order valence-electron chi connectivity index (χ3n) is 3.13. The third kappa shape index (κ3) is 2.96. The molecule has 0 saturated heterocycles. The van der Waals surface area contributed by atoms with E-state index in [1.54, 1.807) is 17.2 Å². The molecule has 1 aromatic rings. The molecule has 0 spiro atoms. The predicted molar refractivity (Wildman–Crippen MR) is 77.9 cm³/mol. The van der Waals surface area contributed by atoms with Crippen LogP contribution in [0.2, 0.25) is 10.0 Å². The summed E-state index contributed by atoms with van der Waals surface area (Å²) >= 11 is 12.5. The van der Waals surface area contributed by atoms with Crippen molar-refractivity contribution in [1.29, 1.82) is 0 Å². The van der Waals surface area contributed by atoms with Crippen molar-refractivity contribution >= 4 is 34.8 Å². The first-order valence-corrected chi connectivity index (χ1v) is 7.16. The molecule has 6 heteroatoms. The standard InChI is InChI=1S/C13H15Cl2N3O/c14-10-2-1-3-11(15)12(10)18(13-16-6-7-17-13)19-8-9-4-5-9/h1-3,9H,4-8H2,(H,16,17). The van der Waals surface area contributed by atoms with Crippen molar-refractivity contribution in [3.05, 3.63) is 28.2 Å². The van der Waals surface area contributed by atoms with Gasteiger partial charge in [-0.15, -0.1) is 0 Å². The van der Waals surface area contributed by atoms with Gasteiger partial charge >= 0.3 is 0 Å². The molecule has 2 aliphatic rings. The molecular weight excluding hydrogens is 285 g/mol. The zero-order chi connectivity index (χ0) is 13.2. The van der Waals surface area contributed by atoms with Gasteiger partial charge in [0.05, 0.1) is 23.2 Å². The van der Waals surface area contributed by atoms with E-state index in [2.05, 4.69) is 10.3 Å². The fourth-order valence-electron chi connectivity index (χ4n) is 1.90. The highest BCUT2D eigenvalue weighted by atomic mass is 35.5. The minimum atomic E-state index is 0.555. The molecule has 1 aliphatic carbocycles. The summed E-state index contributed by atoms with van der Waals surface area (Å²) in [4.78, 5) is 10.3. The van der Waals surface area contributed by atoms with E-state index in [0.717, 1.165) is 13.1 Å². The molecule has 0 amide bonds. The number of anilines is 1. The zero-order valence-electron chi connectivity index (χ0n) is 10.4. The van der Waals surface area contributed by atoms with Crippen LogP contribution in [-0.2, 0) is 4.84 Å². The number of nitrogens with zero attached hydrogens (tertiary/aromatic N) is 2. The number of hydroxylamine groups is 1. The lowest BCUT2D eigenvalue weighted by Crippen LogP contribution is -2.39. The molecule has 0 aromatic heterocycles. The Hall–Kier alpha value is -0.970. The lowest BCUT2D eigenvalue weighted by atomic mass is 10.3. The van der Waals surface area contributed by atoms with Crippen LogP contribution in [0.3, 0.4) is 0 Å². The van der Waals surface area contributed by atoms with Crippen LogP contribution in [-0.4, -0.2) is 25.7 Å². The molecule has 1 heterocycles. The maximum Gasteiger partial charge on any atom is 0.223 e. The summed E-state index contributed by atoms with van der Waals surface area (Å²) in [6.45, 7) is 2.21. The SMILES string of the molecule is Clc1cccc(Cl)c1N(OCC1CC1)C1=NCCN1. The molecule has 0 unspecified atom stereocenters. The van der Waals surface area contributed by atoms with Gasteiger partial charge in [-0.3, -0.25) is 4.84 Å². The quantitative estimate of drug-likeness (QED) is 0.868. The first-order chi connectivity index (χ1) is 9.25. The van der Waals surface area contributed by atoms with E-state index >= 15 is 0 Å². The van der Waals surface area contributed by atoms with Crippen molar-refractivity contribution in [2.75, 3.05) is 24.8 Å². The van der Waals surface area contributed by atoms with Crippen LogP contribution in [0.15, 0.2) is 23.2 Å². The number of benzene rings is 1. The van der Waals surface area contributed by atoms with Crippen LogP contribution in [0.5, 0.6) is 0 Å². The number of nitrogens with one attached hydrogen (secondary N) is 1. The molecule has 0 atom stereocenters. The Morgan fingerprint density at radius 3 is 2.63 bits per heavy atom. The molecule has 3 rings (SSSR count). The van der Waals surface area contributed by atoms with Gasteiger partial charge in [0, 0.05) is 6.54 Å². The number of hydrogen-bond donors (Lipinski definition) is 1. The van der Waals surface area contributed by atoms with Crippen molar-refractivity contribution in [3.8, 4) is 0 Å². The number of hydrogen-bond acceptors (Lipinski definition) is 4. The minimum absolute atomic E-state index is 0.555. The van der Waals surface area contributed by atoms with Crippen LogP contribution < -0.4 is 10.4 Å². The van der Waals surface area contributed by atoms with E-state index in [9.17, 15) is 0 Å². The van der Waals surface area contributed by atoms with Crippen LogP contribution in [0, 0.1) is 5.92 Å². The number of para-hydroxylation sites is 1. The molecule has 1 N–H and O–H groups in total. The van der Waals surface area contributed by atoms with Gasteiger partial charge in [0.1, 0.15) is 5.69 Å². The summed E-state index contributed by atoms with van der Waals surface area (Å²) < 4.78 is 0. The molecule has 19 heavy (non-hydrogen) atoms. The third-order valence-corrected chi connectivity index (χ3v) is 3.74. The largest absolute Gasteiger partial charge is 0.352 e. The van der Waals surface area contributed by atoms with E-state index in [0.29, 0.717) is 34.2 Å². The maximum absolute atomic E-state index is 6.24. The highest BCUT2D eigenvalue weighted by Gasteiger charge is 2.27. The van der Waals surface area contributed by atoms with Gasteiger partial charge in [-0.05, 0) is 30.9 Å². The van der Waals surface area contributed by atoms with Crippen molar-refractivity contribution < 1.29 is 4.84 Å². The smallest absolute Gasteiger partial charge is 0.223 e. The average molecular weight is 300 g/mol.